The molecule has 0 amide bonds. The number of nitrogens with two attached hydrogens (primary N) is 1. The summed E-state index contributed by atoms with van der Waals surface area (Å²) in [5, 5.41) is 3.94. The van der Waals surface area contributed by atoms with Crippen LogP contribution < -0.4 is 11.3 Å². The van der Waals surface area contributed by atoms with Crippen LogP contribution in [-0.4, -0.2) is 14.8 Å². The average Bonchev–Trinajstić information content (AvgIpc) is 2.26. The van der Waals surface area contributed by atoms with Crippen LogP contribution in [0.2, 0.25) is 0 Å². The summed E-state index contributed by atoms with van der Waals surface area (Å²) in [5.41, 5.74) is 6.39. The lowest BCUT2D eigenvalue weighted by molar-refractivity contribution is 0.641. The Kier molecular flexibility index (Phi) is 2.45. The average molecular weight is 202 g/mol. The molecule has 0 fully saturated rings. The van der Waals surface area contributed by atoms with Gasteiger partial charge in [0.15, 0.2) is 0 Å². The molecular formula is C10H10N4O. The van der Waals surface area contributed by atoms with Crippen LogP contribution >= 0.6 is 0 Å². The van der Waals surface area contributed by atoms with E-state index in [1.807, 2.05) is 12.1 Å². The number of nitrogen functional groups attached to an aromatic ring is 1. The first-order valence-corrected chi connectivity index (χ1v) is 4.48. The zero-order valence-electron chi connectivity index (χ0n) is 8.00. The summed E-state index contributed by atoms with van der Waals surface area (Å²) in [7, 11) is 0. The minimum atomic E-state index is -0.269. The summed E-state index contributed by atoms with van der Waals surface area (Å²) < 4.78 is 1.32. The Balaban J connectivity index is 2.33. The highest BCUT2D eigenvalue weighted by molar-refractivity contribution is 5.32. The number of hydrogen-bond donors (Lipinski definition) is 1. The molecule has 0 aliphatic rings. The second kappa shape index (κ2) is 3.91. The number of hydrogen-bond acceptors (Lipinski definition) is 4. The molecule has 2 aromatic rings. The Bertz CT molecular complexity index is 506. The number of anilines is 1. The number of rotatable bonds is 2. The fourth-order valence-electron chi connectivity index (χ4n) is 1.24. The van der Waals surface area contributed by atoms with Crippen LogP contribution in [0.5, 0.6) is 0 Å². The molecule has 0 aromatic carbocycles. The minimum absolute atomic E-state index is 0.207. The molecule has 0 saturated carbocycles. The molecule has 2 heterocycles. The Labute approximate surface area is 86.2 Å². The van der Waals surface area contributed by atoms with E-state index >= 15 is 0 Å². The van der Waals surface area contributed by atoms with Gasteiger partial charge in [0.05, 0.1) is 6.54 Å². The van der Waals surface area contributed by atoms with Gasteiger partial charge in [-0.15, -0.1) is 0 Å². The quantitative estimate of drug-likeness (QED) is 0.758. The molecule has 0 aliphatic heterocycles. The highest BCUT2D eigenvalue weighted by Gasteiger charge is 2.00. The summed E-state index contributed by atoms with van der Waals surface area (Å²) >= 11 is 0. The van der Waals surface area contributed by atoms with Gasteiger partial charge in [-0.1, -0.05) is 0 Å². The van der Waals surface area contributed by atoms with Crippen molar-refractivity contribution in [2.45, 2.75) is 6.54 Å². The first kappa shape index (κ1) is 9.39. The van der Waals surface area contributed by atoms with Gasteiger partial charge < -0.3 is 5.73 Å². The van der Waals surface area contributed by atoms with Crippen LogP contribution in [0.4, 0.5) is 5.69 Å². The molecule has 0 spiro atoms. The molecule has 2 N–H and O–H groups in total. The lowest BCUT2D eigenvalue weighted by Gasteiger charge is -2.04. The van der Waals surface area contributed by atoms with E-state index in [9.17, 15) is 4.79 Å². The van der Waals surface area contributed by atoms with E-state index in [4.69, 9.17) is 5.73 Å². The van der Waals surface area contributed by atoms with Crippen LogP contribution in [0.15, 0.2) is 41.6 Å². The lowest BCUT2D eigenvalue weighted by atomic mass is 10.3. The fraction of sp³-hybridized carbons (Fsp3) is 0.100. The van der Waals surface area contributed by atoms with Gasteiger partial charge in [0.25, 0.3) is 5.56 Å². The number of aromatic nitrogens is 3. The van der Waals surface area contributed by atoms with Crippen LogP contribution in [0, 0.1) is 0 Å². The Hall–Kier alpha value is -2.17. The SMILES string of the molecule is Nc1ccnn(Cc2ccncc2)c1=O. The molecule has 0 unspecified atom stereocenters. The van der Waals surface area contributed by atoms with Gasteiger partial charge >= 0.3 is 0 Å². The predicted octanol–water partition coefficient (Wildman–Crippen LogP) is 0.269. The first-order chi connectivity index (χ1) is 7.27. The highest BCUT2D eigenvalue weighted by Crippen LogP contribution is 1.98. The van der Waals surface area contributed by atoms with Gasteiger partial charge in [-0.2, -0.15) is 5.10 Å². The smallest absolute Gasteiger partial charge is 0.290 e. The second-order valence-electron chi connectivity index (χ2n) is 3.10. The monoisotopic (exact) mass is 202 g/mol. The van der Waals surface area contributed by atoms with Crippen LogP contribution in [-0.2, 0) is 6.54 Å². The van der Waals surface area contributed by atoms with Crippen molar-refractivity contribution >= 4 is 5.69 Å². The molecule has 0 aliphatic carbocycles. The van der Waals surface area contributed by atoms with Crippen molar-refractivity contribution in [1.29, 1.82) is 0 Å². The molecule has 0 atom stereocenters. The summed E-state index contributed by atoms with van der Waals surface area (Å²) in [6, 6.07) is 5.15. The number of nitrogens with zero attached hydrogens (tertiary/aromatic N) is 3. The zero-order chi connectivity index (χ0) is 10.7. The Morgan fingerprint density at radius 1 is 1.20 bits per heavy atom. The third kappa shape index (κ3) is 2.01. The third-order valence-electron chi connectivity index (χ3n) is 2.02. The van der Waals surface area contributed by atoms with E-state index in [0.29, 0.717) is 6.54 Å². The molecule has 15 heavy (non-hydrogen) atoms. The van der Waals surface area contributed by atoms with Gasteiger partial charge in [0, 0.05) is 18.6 Å². The maximum atomic E-state index is 11.5. The predicted molar refractivity (Wildman–Crippen MR) is 56.2 cm³/mol. The van der Waals surface area contributed by atoms with Crippen molar-refractivity contribution in [1.82, 2.24) is 14.8 Å². The van der Waals surface area contributed by atoms with Gasteiger partial charge in [-0.05, 0) is 23.8 Å². The van der Waals surface area contributed by atoms with Crippen LogP contribution in [0.3, 0.4) is 0 Å². The largest absolute Gasteiger partial charge is 0.394 e. The maximum Gasteiger partial charge on any atom is 0.290 e. The van der Waals surface area contributed by atoms with Gasteiger partial charge in [0.1, 0.15) is 5.69 Å². The van der Waals surface area contributed by atoms with Crippen LogP contribution in [0.25, 0.3) is 0 Å². The summed E-state index contributed by atoms with van der Waals surface area (Å²) in [6.07, 6.45) is 4.86. The topological polar surface area (TPSA) is 73.8 Å². The van der Waals surface area contributed by atoms with Crippen molar-refractivity contribution in [2.75, 3.05) is 5.73 Å². The van der Waals surface area contributed by atoms with E-state index in [1.54, 1.807) is 12.4 Å². The zero-order valence-corrected chi connectivity index (χ0v) is 8.00. The normalized spacial score (nSPS) is 10.1. The summed E-state index contributed by atoms with van der Waals surface area (Å²) in [5.74, 6) is 0. The van der Waals surface area contributed by atoms with Crippen molar-refractivity contribution in [3.8, 4) is 0 Å². The standard InChI is InChI=1S/C10H10N4O/c11-9-3-6-13-14(10(9)15)7-8-1-4-12-5-2-8/h1-6H,7,11H2. The van der Waals surface area contributed by atoms with Gasteiger partial charge in [0.2, 0.25) is 0 Å². The van der Waals surface area contributed by atoms with E-state index in [2.05, 4.69) is 10.1 Å². The summed E-state index contributed by atoms with van der Waals surface area (Å²) in [4.78, 5) is 15.4. The minimum Gasteiger partial charge on any atom is -0.394 e. The van der Waals surface area contributed by atoms with Gasteiger partial charge in [-0.3, -0.25) is 9.78 Å². The molecular weight excluding hydrogens is 192 g/mol. The molecule has 5 nitrogen and oxygen atoms in total. The maximum absolute atomic E-state index is 11.5. The molecule has 2 aromatic heterocycles. The Morgan fingerprint density at radius 3 is 2.67 bits per heavy atom. The molecule has 5 heteroatoms. The molecule has 2 rings (SSSR count). The Morgan fingerprint density at radius 2 is 1.93 bits per heavy atom. The highest BCUT2D eigenvalue weighted by atomic mass is 16.1. The third-order valence-corrected chi connectivity index (χ3v) is 2.02. The van der Waals surface area contributed by atoms with E-state index < -0.39 is 0 Å². The van der Waals surface area contributed by atoms with E-state index in [-0.39, 0.29) is 11.2 Å². The van der Waals surface area contributed by atoms with E-state index in [1.165, 1.54) is 16.9 Å². The first-order valence-electron chi connectivity index (χ1n) is 4.48. The van der Waals surface area contributed by atoms with Crippen LogP contribution in [0.1, 0.15) is 5.56 Å². The van der Waals surface area contributed by atoms with Gasteiger partial charge in [-0.25, -0.2) is 4.68 Å². The molecule has 0 radical (unpaired) electrons. The second-order valence-corrected chi connectivity index (χ2v) is 3.10. The molecule has 76 valence electrons. The molecule has 0 saturated heterocycles. The van der Waals surface area contributed by atoms with Crippen molar-refractivity contribution < 1.29 is 0 Å². The summed E-state index contributed by atoms with van der Waals surface area (Å²) in [6.45, 7) is 0.409. The van der Waals surface area contributed by atoms with Crippen molar-refractivity contribution in [3.63, 3.8) is 0 Å². The number of pyridine rings is 1. The van der Waals surface area contributed by atoms with E-state index in [0.717, 1.165) is 5.56 Å². The molecule has 0 bridgehead atoms. The van der Waals surface area contributed by atoms with Crippen molar-refractivity contribution in [3.05, 3.63) is 52.7 Å². The van der Waals surface area contributed by atoms with Crippen molar-refractivity contribution in [2.24, 2.45) is 0 Å². The lowest BCUT2D eigenvalue weighted by Crippen LogP contribution is -2.25. The fourth-order valence-corrected chi connectivity index (χ4v) is 1.24.